The van der Waals surface area contributed by atoms with E-state index in [9.17, 15) is 13.6 Å². The van der Waals surface area contributed by atoms with E-state index in [-0.39, 0.29) is 23.2 Å². The van der Waals surface area contributed by atoms with Crippen LogP contribution < -0.4 is 5.32 Å². The highest BCUT2D eigenvalue weighted by Crippen LogP contribution is 2.41. The van der Waals surface area contributed by atoms with Crippen LogP contribution in [0.5, 0.6) is 0 Å². The largest absolute Gasteiger partial charge is 0.453 e. The van der Waals surface area contributed by atoms with Crippen LogP contribution in [0.2, 0.25) is 5.02 Å². The van der Waals surface area contributed by atoms with Crippen LogP contribution in [-0.2, 0) is 4.74 Å². The van der Waals surface area contributed by atoms with Gasteiger partial charge in [0.05, 0.1) is 23.9 Å². The second-order valence-electron chi connectivity index (χ2n) is 8.58. The number of alkyl halides is 1. The zero-order valence-corrected chi connectivity index (χ0v) is 20.6. The molecule has 7 nitrogen and oxygen atoms in total. The maximum Gasteiger partial charge on any atom is 0.407 e. The molecule has 2 N–H and O–H groups in total. The van der Waals surface area contributed by atoms with E-state index in [0.717, 1.165) is 5.70 Å². The Morgan fingerprint density at radius 2 is 2.19 bits per heavy atom. The smallest absolute Gasteiger partial charge is 0.407 e. The topological polar surface area (TPSA) is 90.7 Å². The second-order valence-corrected chi connectivity index (χ2v) is 8.99. The summed E-state index contributed by atoms with van der Waals surface area (Å²) in [6.07, 6.45) is 3.71. The van der Waals surface area contributed by atoms with Gasteiger partial charge in [-0.05, 0) is 49.2 Å². The van der Waals surface area contributed by atoms with Crippen LogP contribution in [0.1, 0.15) is 37.1 Å². The molecule has 1 fully saturated rings. The number of hydrogen-bond donors (Lipinski definition) is 2. The molecule has 0 radical (unpaired) electrons. The Hall–Kier alpha value is -3.59. The molecule has 36 heavy (non-hydrogen) atoms. The lowest BCUT2D eigenvalue weighted by Gasteiger charge is -2.33. The van der Waals surface area contributed by atoms with Crippen molar-refractivity contribution in [2.45, 2.75) is 38.0 Å². The van der Waals surface area contributed by atoms with Crippen LogP contribution in [0.15, 0.2) is 71.0 Å². The van der Waals surface area contributed by atoms with Crippen LogP contribution in [0.3, 0.4) is 0 Å². The Bertz CT molecular complexity index is 1250. The van der Waals surface area contributed by atoms with Gasteiger partial charge in [-0.1, -0.05) is 29.8 Å². The lowest BCUT2D eigenvalue weighted by molar-refractivity contribution is 0.167. The first-order valence-electron chi connectivity index (χ1n) is 11.5. The molecule has 3 atom stereocenters. The minimum absolute atomic E-state index is 0.0190. The van der Waals surface area contributed by atoms with Crippen molar-refractivity contribution in [3.63, 3.8) is 0 Å². The number of alkyl carbamates (subject to hydrolysis) is 1. The van der Waals surface area contributed by atoms with Gasteiger partial charge in [-0.3, -0.25) is 9.98 Å². The first kappa shape index (κ1) is 25.5. The van der Waals surface area contributed by atoms with Crippen molar-refractivity contribution in [1.82, 2.24) is 15.2 Å². The molecule has 188 valence electrons. The average Bonchev–Trinajstić information content (AvgIpc) is 3.27. The van der Waals surface area contributed by atoms with Crippen LogP contribution in [0.4, 0.5) is 13.6 Å². The summed E-state index contributed by atoms with van der Waals surface area (Å²) in [7, 11) is 1.29. The monoisotopic (exact) mass is 513 g/mol. The summed E-state index contributed by atoms with van der Waals surface area (Å²) in [5.74, 6) is -0.0569. The third-order valence-corrected chi connectivity index (χ3v) is 6.26. The van der Waals surface area contributed by atoms with Gasteiger partial charge >= 0.3 is 6.09 Å². The van der Waals surface area contributed by atoms with Crippen LogP contribution in [0, 0.1) is 11.2 Å². The standard InChI is InChI=1S/C26H26ClF2N5O2/c1-15(28)6-5-7-20(30)23-22-13-17(32-26(35)36-2)14-34(22)25(21-8-3-4-11-31-21)33-24(23)16-9-10-18(27)19(29)12-16/h3-5,7-12,15,17,24,30H,6,13-14H2,1-2H3,(H,32,35)/b7-5-,30-20?/t15?,17?,24-/m0/s1. The number of fused-ring (bicyclic) bond motifs is 1. The molecule has 0 saturated carbocycles. The highest BCUT2D eigenvalue weighted by molar-refractivity contribution is 6.30. The number of rotatable bonds is 7. The first-order chi connectivity index (χ1) is 17.3. The van der Waals surface area contributed by atoms with Crippen molar-refractivity contribution in [3.05, 3.63) is 88.1 Å². The number of hydrogen-bond acceptors (Lipinski definition) is 6. The Labute approximate surface area is 213 Å². The number of carbonyl (C=O) groups excluding carboxylic acids is 1. The highest BCUT2D eigenvalue weighted by atomic mass is 35.5. The van der Waals surface area contributed by atoms with Gasteiger partial charge in [0.15, 0.2) is 5.84 Å². The molecule has 0 bridgehead atoms. The first-order valence-corrected chi connectivity index (χ1v) is 11.8. The second kappa shape index (κ2) is 11.0. The molecule has 0 aliphatic carbocycles. The van der Waals surface area contributed by atoms with Gasteiger partial charge < -0.3 is 20.4 Å². The third kappa shape index (κ3) is 5.46. The van der Waals surface area contributed by atoms with Crippen molar-refractivity contribution in [2.75, 3.05) is 13.7 Å². The summed E-state index contributed by atoms with van der Waals surface area (Å²) in [5.41, 5.74) is 2.51. The minimum Gasteiger partial charge on any atom is -0.453 e. The van der Waals surface area contributed by atoms with Gasteiger partial charge in [0, 0.05) is 30.4 Å². The lowest BCUT2D eigenvalue weighted by Crippen LogP contribution is -2.39. The van der Waals surface area contributed by atoms with E-state index < -0.39 is 24.1 Å². The maximum atomic E-state index is 14.5. The fourth-order valence-electron chi connectivity index (χ4n) is 4.33. The number of ether oxygens (including phenoxy) is 1. The quantitative estimate of drug-likeness (QED) is 0.486. The van der Waals surface area contributed by atoms with Gasteiger partial charge in [-0.15, -0.1) is 0 Å². The van der Waals surface area contributed by atoms with Crippen LogP contribution in [-0.4, -0.2) is 53.4 Å². The third-order valence-electron chi connectivity index (χ3n) is 5.96. The predicted molar refractivity (Wildman–Crippen MR) is 135 cm³/mol. The molecule has 4 rings (SSSR count). The number of methoxy groups -OCH3 is 1. The van der Waals surface area contributed by atoms with Crippen LogP contribution in [0.25, 0.3) is 0 Å². The minimum atomic E-state index is -1.05. The molecule has 1 saturated heterocycles. The molecule has 2 aliphatic heterocycles. The normalized spacial score (nSPS) is 20.2. The molecular weight excluding hydrogens is 488 g/mol. The number of aromatic nitrogens is 1. The molecule has 2 unspecified atom stereocenters. The summed E-state index contributed by atoms with van der Waals surface area (Å²) in [5, 5.41) is 11.7. The number of pyridine rings is 1. The summed E-state index contributed by atoms with van der Waals surface area (Å²) in [4.78, 5) is 23.3. The van der Waals surface area contributed by atoms with Crippen molar-refractivity contribution >= 4 is 29.2 Å². The molecule has 1 aromatic heterocycles. The SMILES string of the molecule is COC(=O)NC1CC2=C(C(=N)/C=C\CC(C)F)[C@H](c3ccc(Cl)c(F)c3)N=C(c3ccccn3)N2C1. The van der Waals surface area contributed by atoms with Crippen molar-refractivity contribution in [2.24, 2.45) is 4.99 Å². The molecule has 2 aromatic rings. The number of aliphatic imine (C=N–C) groups is 1. The number of nitrogens with zero attached hydrogens (tertiary/aromatic N) is 3. The van der Waals surface area contributed by atoms with E-state index in [1.165, 1.54) is 32.2 Å². The van der Waals surface area contributed by atoms with E-state index in [0.29, 0.717) is 35.6 Å². The molecular formula is C26H26ClF2N5O2. The van der Waals surface area contributed by atoms with Gasteiger partial charge in [-0.25, -0.2) is 13.6 Å². The average molecular weight is 514 g/mol. The van der Waals surface area contributed by atoms with Gasteiger partial charge in [0.2, 0.25) is 0 Å². The summed E-state index contributed by atoms with van der Waals surface area (Å²) >= 11 is 5.93. The molecule has 1 aromatic carbocycles. The van der Waals surface area contributed by atoms with Crippen LogP contribution >= 0.6 is 11.6 Å². The zero-order valence-electron chi connectivity index (χ0n) is 19.8. The highest BCUT2D eigenvalue weighted by Gasteiger charge is 2.40. The summed E-state index contributed by atoms with van der Waals surface area (Å²) in [6.45, 7) is 1.82. The van der Waals surface area contributed by atoms with E-state index in [4.69, 9.17) is 26.7 Å². The van der Waals surface area contributed by atoms with Gasteiger partial charge in [-0.2, -0.15) is 0 Å². The molecule has 1 amide bonds. The number of nitrogens with one attached hydrogen (secondary N) is 2. The number of carbonyl (C=O) groups is 1. The Balaban J connectivity index is 1.86. The van der Waals surface area contributed by atoms with Gasteiger partial charge in [0.25, 0.3) is 0 Å². The number of benzene rings is 1. The van der Waals surface area contributed by atoms with E-state index in [2.05, 4.69) is 10.3 Å². The maximum absolute atomic E-state index is 14.5. The Kier molecular flexibility index (Phi) is 7.79. The number of amidine groups is 1. The van der Waals surface area contributed by atoms with E-state index in [1.54, 1.807) is 24.4 Å². The van der Waals surface area contributed by atoms with E-state index >= 15 is 0 Å². The zero-order chi connectivity index (χ0) is 25.8. The predicted octanol–water partition coefficient (Wildman–Crippen LogP) is 5.38. The lowest BCUT2D eigenvalue weighted by atomic mass is 9.90. The Morgan fingerprint density at radius 3 is 2.86 bits per heavy atom. The summed E-state index contributed by atoms with van der Waals surface area (Å²) < 4.78 is 32.7. The van der Waals surface area contributed by atoms with Gasteiger partial charge in [0.1, 0.15) is 23.7 Å². The molecule has 0 spiro atoms. The number of amides is 1. The fraction of sp³-hybridized carbons (Fsp3) is 0.308. The fourth-order valence-corrected chi connectivity index (χ4v) is 4.45. The summed E-state index contributed by atoms with van der Waals surface area (Å²) in [6, 6.07) is 8.82. The van der Waals surface area contributed by atoms with Crippen molar-refractivity contribution in [1.29, 1.82) is 5.41 Å². The van der Waals surface area contributed by atoms with Crippen molar-refractivity contribution in [3.8, 4) is 0 Å². The molecule has 3 heterocycles. The number of halogens is 3. The molecule has 10 heteroatoms. The van der Waals surface area contributed by atoms with Crippen molar-refractivity contribution < 1.29 is 18.3 Å². The van der Waals surface area contributed by atoms with E-state index in [1.807, 2.05) is 17.0 Å². The number of allylic oxidation sites excluding steroid dienone is 2. The Morgan fingerprint density at radius 1 is 1.39 bits per heavy atom. The molecule has 2 aliphatic rings.